The van der Waals surface area contributed by atoms with Gasteiger partial charge in [-0.2, -0.15) is 0 Å². The highest BCUT2D eigenvalue weighted by atomic mass is 16.5. The molecule has 3 heterocycles. The van der Waals surface area contributed by atoms with Crippen molar-refractivity contribution in [2.45, 2.75) is 12.3 Å². The number of oxazole rings is 1. The molecular formula is C21H17N3O3. The van der Waals surface area contributed by atoms with Crippen molar-refractivity contribution in [2.24, 2.45) is 0 Å². The molecule has 6 nitrogen and oxygen atoms in total. The number of methoxy groups -OCH3 is 1. The lowest BCUT2D eigenvalue weighted by Crippen LogP contribution is -2.19. The van der Waals surface area contributed by atoms with Crippen LogP contribution in [0.25, 0.3) is 22.2 Å². The minimum Gasteiger partial charge on any atom is -0.497 e. The molecule has 0 spiro atoms. The number of hydrogen-bond donors (Lipinski definition) is 0. The van der Waals surface area contributed by atoms with Gasteiger partial charge in [-0.1, -0.05) is 6.07 Å². The molecule has 2 aromatic carbocycles. The second-order valence-corrected chi connectivity index (χ2v) is 6.55. The van der Waals surface area contributed by atoms with E-state index >= 15 is 0 Å². The zero-order chi connectivity index (χ0) is 18.2. The first-order valence-electron chi connectivity index (χ1n) is 8.76. The van der Waals surface area contributed by atoms with Gasteiger partial charge in [0.15, 0.2) is 5.58 Å². The molecule has 0 amide bonds. The molecule has 2 aromatic heterocycles. The van der Waals surface area contributed by atoms with Crippen LogP contribution in [0.3, 0.4) is 0 Å². The third-order valence-electron chi connectivity index (χ3n) is 4.82. The maximum atomic E-state index is 6.08. The number of nitrogens with zero attached hydrogens (tertiary/aromatic N) is 3. The first-order chi connectivity index (χ1) is 13.3. The maximum Gasteiger partial charge on any atom is 0.202 e. The molecule has 5 rings (SSSR count). The Morgan fingerprint density at radius 1 is 1.04 bits per heavy atom. The Morgan fingerprint density at radius 3 is 2.78 bits per heavy atom. The van der Waals surface area contributed by atoms with Gasteiger partial charge in [0.1, 0.15) is 29.9 Å². The van der Waals surface area contributed by atoms with Crippen LogP contribution in [0.5, 0.6) is 11.5 Å². The van der Waals surface area contributed by atoms with Crippen LogP contribution in [0.4, 0.5) is 0 Å². The minimum absolute atomic E-state index is 0.0699. The van der Waals surface area contributed by atoms with E-state index in [1.54, 1.807) is 19.5 Å². The van der Waals surface area contributed by atoms with E-state index in [4.69, 9.17) is 13.9 Å². The van der Waals surface area contributed by atoms with Crippen molar-refractivity contribution in [3.8, 4) is 22.6 Å². The third-order valence-corrected chi connectivity index (χ3v) is 4.82. The fraction of sp³-hybridized carbons (Fsp3) is 0.190. The van der Waals surface area contributed by atoms with Crippen molar-refractivity contribution in [1.29, 1.82) is 0 Å². The Balaban J connectivity index is 1.47. The monoisotopic (exact) mass is 359 g/mol. The van der Waals surface area contributed by atoms with Gasteiger partial charge >= 0.3 is 0 Å². The van der Waals surface area contributed by atoms with E-state index in [1.807, 2.05) is 36.4 Å². The molecule has 1 unspecified atom stereocenters. The normalized spacial score (nSPS) is 16.0. The molecular weight excluding hydrogens is 342 g/mol. The van der Waals surface area contributed by atoms with Gasteiger partial charge in [-0.15, -0.1) is 0 Å². The molecule has 0 saturated carbocycles. The highest BCUT2D eigenvalue weighted by Crippen LogP contribution is 2.35. The van der Waals surface area contributed by atoms with E-state index < -0.39 is 0 Å². The number of aromatic nitrogens is 3. The smallest absolute Gasteiger partial charge is 0.202 e. The Kier molecular flexibility index (Phi) is 3.74. The molecule has 1 aliphatic rings. The summed E-state index contributed by atoms with van der Waals surface area (Å²) in [5.74, 6) is 2.49. The van der Waals surface area contributed by atoms with Crippen molar-refractivity contribution in [3.05, 3.63) is 66.6 Å². The highest BCUT2D eigenvalue weighted by Gasteiger charge is 2.26. The van der Waals surface area contributed by atoms with E-state index in [0.717, 1.165) is 45.7 Å². The zero-order valence-corrected chi connectivity index (χ0v) is 14.8. The average molecular weight is 359 g/mol. The standard InChI is InChI=1S/C21H17N3O3/c1-25-17-3-5-19-14(7-17)6-15(11-26-19)21-24-18-4-2-13(8-20(18)27-21)16-9-22-12-23-10-16/h2-5,7-10,12,15H,6,11H2,1H3. The quantitative estimate of drug-likeness (QED) is 0.550. The van der Waals surface area contributed by atoms with Gasteiger partial charge in [0, 0.05) is 18.0 Å². The van der Waals surface area contributed by atoms with Gasteiger partial charge in [0.25, 0.3) is 0 Å². The first kappa shape index (κ1) is 15.8. The molecule has 134 valence electrons. The maximum absolute atomic E-state index is 6.08. The van der Waals surface area contributed by atoms with Crippen LogP contribution in [0.1, 0.15) is 17.4 Å². The van der Waals surface area contributed by atoms with Crippen LogP contribution in [-0.4, -0.2) is 28.7 Å². The third kappa shape index (κ3) is 2.89. The zero-order valence-electron chi connectivity index (χ0n) is 14.8. The second-order valence-electron chi connectivity index (χ2n) is 6.55. The Morgan fingerprint density at radius 2 is 1.93 bits per heavy atom. The lowest BCUT2D eigenvalue weighted by Gasteiger charge is -2.23. The molecule has 1 atom stereocenters. The van der Waals surface area contributed by atoms with E-state index in [9.17, 15) is 0 Å². The van der Waals surface area contributed by atoms with E-state index in [1.165, 1.54) is 6.33 Å². The topological polar surface area (TPSA) is 70.3 Å². The Hall–Kier alpha value is -3.41. The van der Waals surface area contributed by atoms with Gasteiger partial charge in [0.2, 0.25) is 5.89 Å². The summed E-state index contributed by atoms with van der Waals surface area (Å²) < 4.78 is 17.3. The SMILES string of the molecule is COc1ccc2c(c1)CC(c1nc3ccc(-c4cncnc4)cc3o1)CO2. The molecule has 0 fully saturated rings. The predicted octanol–water partition coefficient (Wildman–Crippen LogP) is 4.01. The average Bonchev–Trinajstić information content (AvgIpc) is 3.17. The molecule has 1 aliphatic heterocycles. The fourth-order valence-corrected chi connectivity index (χ4v) is 3.40. The molecule has 0 radical (unpaired) electrons. The van der Waals surface area contributed by atoms with Crippen LogP contribution in [0, 0.1) is 0 Å². The lowest BCUT2D eigenvalue weighted by atomic mass is 9.96. The van der Waals surface area contributed by atoms with Crippen molar-refractivity contribution in [1.82, 2.24) is 15.0 Å². The van der Waals surface area contributed by atoms with E-state index in [0.29, 0.717) is 12.5 Å². The van der Waals surface area contributed by atoms with Crippen LogP contribution >= 0.6 is 0 Å². The van der Waals surface area contributed by atoms with Crippen molar-refractivity contribution >= 4 is 11.1 Å². The molecule has 0 saturated heterocycles. The van der Waals surface area contributed by atoms with Crippen LogP contribution < -0.4 is 9.47 Å². The molecule has 0 N–H and O–H groups in total. The molecule has 0 bridgehead atoms. The predicted molar refractivity (Wildman–Crippen MR) is 100.0 cm³/mol. The molecule has 6 heteroatoms. The molecule has 0 aliphatic carbocycles. The van der Waals surface area contributed by atoms with Crippen molar-refractivity contribution in [3.63, 3.8) is 0 Å². The highest BCUT2D eigenvalue weighted by molar-refractivity contribution is 5.80. The number of rotatable bonds is 3. The van der Waals surface area contributed by atoms with Crippen molar-refractivity contribution in [2.75, 3.05) is 13.7 Å². The van der Waals surface area contributed by atoms with Crippen LogP contribution in [0.2, 0.25) is 0 Å². The Bertz CT molecular complexity index is 1110. The lowest BCUT2D eigenvalue weighted by molar-refractivity contribution is 0.243. The number of ether oxygens (including phenoxy) is 2. The van der Waals surface area contributed by atoms with Gasteiger partial charge in [-0.05, 0) is 47.9 Å². The summed E-state index contributed by atoms with van der Waals surface area (Å²) in [5.41, 5.74) is 4.64. The summed E-state index contributed by atoms with van der Waals surface area (Å²) in [5, 5.41) is 0. The van der Waals surface area contributed by atoms with Crippen LogP contribution in [0.15, 0.2) is 59.5 Å². The largest absolute Gasteiger partial charge is 0.497 e. The van der Waals surface area contributed by atoms with E-state index in [-0.39, 0.29) is 5.92 Å². The first-order valence-corrected chi connectivity index (χ1v) is 8.76. The summed E-state index contributed by atoms with van der Waals surface area (Å²) >= 11 is 0. The summed E-state index contributed by atoms with van der Waals surface area (Å²) in [6, 6.07) is 11.8. The number of benzene rings is 2. The van der Waals surface area contributed by atoms with Crippen molar-refractivity contribution < 1.29 is 13.9 Å². The minimum atomic E-state index is 0.0699. The van der Waals surface area contributed by atoms with Gasteiger partial charge in [0.05, 0.1) is 13.0 Å². The molecule has 4 aromatic rings. The number of hydrogen-bond acceptors (Lipinski definition) is 6. The Labute approximate surface area is 155 Å². The summed E-state index contributed by atoms with van der Waals surface area (Å²) in [6.45, 7) is 0.547. The van der Waals surface area contributed by atoms with Gasteiger partial charge < -0.3 is 13.9 Å². The van der Waals surface area contributed by atoms with Crippen LogP contribution in [-0.2, 0) is 6.42 Å². The molecule has 27 heavy (non-hydrogen) atoms. The fourth-order valence-electron chi connectivity index (χ4n) is 3.40. The number of fused-ring (bicyclic) bond motifs is 2. The van der Waals surface area contributed by atoms with E-state index in [2.05, 4.69) is 15.0 Å². The second kappa shape index (κ2) is 6.39. The summed E-state index contributed by atoms with van der Waals surface area (Å²) in [4.78, 5) is 12.8. The summed E-state index contributed by atoms with van der Waals surface area (Å²) in [6.07, 6.45) is 5.89. The summed E-state index contributed by atoms with van der Waals surface area (Å²) in [7, 11) is 1.67. The van der Waals surface area contributed by atoms with Gasteiger partial charge in [-0.25, -0.2) is 15.0 Å². The van der Waals surface area contributed by atoms with Gasteiger partial charge in [-0.3, -0.25) is 0 Å².